The molecule has 2 aromatic carbocycles. The number of nitrogens with one attached hydrogen (secondary N) is 1. The first-order valence-electron chi connectivity index (χ1n) is 8.92. The predicted octanol–water partition coefficient (Wildman–Crippen LogP) is 3.16. The number of aromatic nitrogens is 2. The molecule has 156 valence electrons. The number of hydrogen-bond acceptors (Lipinski definition) is 8. The first-order chi connectivity index (χ1) is 14.4. The zero-order valence-electron chi connectivity index (χ0n) is 16.1. The Morgan fingerprint density at radius 1 is 1.23 bits per heavy atom. The van der Waals surface area contributed by atoms with Gasteiger partial charge in [0.05, 0.1) is 17.1 Å². The van der Waals surface area contributed by atoms with E-state index in [2.05, 4.69) is 15.5 Å². The van der Waals surface area contributed by atoms with Gasteiger partial charge < -0.3 is 4.74 Å². The highest BCUT2D eigenvalue weighted by Crippen LogP contribution is 2.38. The number of hydrogen-bond donors (Lipinski definition) is 1. The van der Waals surface area contributed by atoms with E-state index < -0.39 is 22.0 Å². The molecule has 11 heteroatoms. The molecule has 8 nitrogen and oxygen atoms in total. The number of anilines is 2. The maximum Gasteiger partial charge on any atom is 0.269 e. The number of carbonyl (C=O) groups excluding carboxylic acids is 1. The third-order valence-electron chi connectivity index (χ3n) is 4.42. The van der Waals surface area contributed by atoms with E-state index in [0.717, 1.165) is 5.56 Å². The zero-order chi connectivity index (χ0) is 21.3. The molecular formula is C19H18N4O4S3. The third-order valence-corrected chi connectivity index (χ3v) is 8.03. The quantitative estimate of drug-likeness (QED) is 0.459. The van der Waals surface area contributed by atoms with E-state index in [0.29, 0.717) is 20.9 Å². The van der Waals surface area contributed by atoms with Crippen LogP contribution in [-0.4, -0.2) is 43.4 Å². The van der Waals surface area contributed by atoms with Gasteiger partial charge >= 0.3 is 0 Å². The van der Waals surface area contributed by atoms with Crippen molar-refractivity contribution < 1.29 is 17.9 Å². The molecule has 1 atom stereocenters. The van der Waals surface area contributed by atoms with E-state index in [4.69, 9.17) is 4.74 Å². The number of aryl methyl sites for hydroxylation is 1. The fourth-order valence-corrected chi connectivity index (χ4v) is 5.64. The minimum atomic E-state index is -3.89. The minimum Gasteiger partial charge on any atom is -0.476 e. The van der Waals surface area contributed by atoms with Gasteiger partial charge in [-0.2, -0.15) is 0 Å². The number of fused-ring (bicyclic) bond motifs is 1. The number of benzene rings is 2. The van der Waals surface area contributed by atoms with Gasteiger partial charge in [-0.05, 0) is 43.0 Å². The number of ether oxygens (including phenoxy) is 1. The largest absolute Gasteiger partial charge is 0.476 e. The molecule has 0 saturated heterocycles. The van der Waals surface area contributed by atoms with E-state index in [1.165, 1.54) is 39.5 Å². The Bertz CT molecular complexity index is 1180. The van der Waals surface area contributed by atoms with E-state index in [-0.39, 0.29) is 11.4 Å². The topological polar surface area (TPSA) is 101 Å². The van der Waals surface area contributed by atoms with Crippen LogP contribution in [0.2, 0.25) is 0 Å². The summed E-state index contributed by atoms with van der Waals surface area (Å²) in [6.45, 7) is 1.71. The van der Waals surface area contributed by atoms with Crippen molar-refractivity contribution in [1.82, 2.24) is 10.2 Å². The highest BCUT2D eigenvalue weighted by Gasteiger charge is 2.37. The molecule has 1 aliphatic rings. The first kappa shape index (κ1) is 20.6. The van der Waals surface area contributed by atoms with Crippen molar-refractivity contribution in [2.45, 2.75) is 22.3 Å². The molecule has 1 amide bonds. The van der Waals surface area contributed by atoms with Crippen molar-refractivity contribution in [2.75, 3.05) is 22.4 Å². The lowest BCUT2D eigenvalue weighted by molar-refractivity contribution is -0.122. The Labute approximate surface area is 182 Å². The molecule has 0 bridgehead atoms. The third kappa shape index (κ3) is 4.00. The van der Waals surface area contributed by atoms with Crippen molar-refractivity contribution >= 4 is 49.8 Å². The van der Waals surface area contributed by atoms with Crippen LogP contribution in [0.5, 0.6) is 5.75 Å². The minimum absolute atomic E-state index is 0.146. The van der Waals surface area contributed by atoms with Gasteiger partial charge in [-0.25, -0.2) is 8.42 Å². The van der Waals surface area contributed by atoms with Gasteiger partial charge in [-0.15, -0.1) is 10.2 Å². The monoisotopic (exact) mass is 462 g/mol. The summed E-state index contributed by atoms with van der Waals surface area (Å²) in [6, 6.07) is 13.3. The van der Waals surface area contributed by atoms with Crippen LogP contribution in [0.4, 0.5) is 10.8 Å². The highest BCUT2D eigenvalue weighted by atomic mass is 32.2. The van der Waals surface area contributed by atoms with Crippen molar-refractivity contribution in [3.05, 3.63) is 54.1 Å². The molecular weight excluding hydrogens is 444 g/mol. The average molecular weight is 463 g/mol. The summed E-state index contributed by atoms with van der Waals surface area (Å²) in [5.41, 5.74) is 1.29. The molecule has 0 fully saturated rings. The molecule has 3 aromatic rings. The van der Waals surface area contributed by atoms with Crippen molar-refractivity contribution in [1.29, 1.82) is 0 Å². The summed E-state index contributed by atoms with van der Waals surface area (Å²) in [5, 5.41) is 10.9. The second-order valence-corrected chi connectivity index (χ2v) is 10.4. The Morgan fingerprint density at radius 2 is 2.00 bits per heavy atom. The van der Waals surface area contributed by atoms with Crippen molar-refractivity contribution in [2.24, 2.45) is 0 Å². The lowest BCUT2D eigenvalue weighted by Gasteiger charge is -2.34. The first-order valence-corrected chi connectivity index (χ1v) is 12.4. The molecule has 0 aliphatic carbocycles. The Morgan fingerprint density at radius 3 is 2.70 bits per heavy atom. The van der Waals surface area contributed by atoms with Gasteiger partial charge in [0, 0.05) is 0 Å². The van der Waals surface area contributed by atoms with Crippen molar-refractivity contribution in [3.8, 4) is 5.75 Å². The number of rotatable bonds is 5. The van der Waals surface area contributed by atoms with Crippen LogP contribution >= 0.6 is 23.1 Å². The van der Waals surface area contributed by atoms with Crippen LogP contribution in [0.3, 0.4) is 0 Å². The summed E-state index contributed by atoms with van der Waals surface area (Å²) in [5.74, 6) is -0.160. The van der Waals surface area contributed by atoms with Gasteiger partial charge in [0.25, 0.3) is 15.9 Å². The molecule has 30 heavy (non-hydrogen) atoms. The van der Waals surface area contributed by atoms with Gasteiger partial charge in [-0.1, -0.05) is 47.4 Å². The molecule has 0 radical (unpaired) electrons. The summed E-state index contributed by atoms with van der Waals surface area (Å²) in [7, 11) is -3.89. The standard InChI is InChI=1S/C19H18N4O4S3/c1-12-8-9-15-14(10-12)23(30(25,26)13-6-4-3-5-7-13)11-16(27-15)17(24)20-18-21-22-19(28-2)29-18/h3-10,16H,11H2,1-2H3,(H,20,21,24)/t16-/m0/s1. The van der Waals surface area contributed by atoms with Gasteiger partial charge in [0.2, 0.25) is 5.13 Å². The second kappa shape index (κ2) is 8.25. The maximum absolute atomic E-state index is 13.3. The molecule has 4 rings (SSSR count). The van der Waals surface area contributed by atoms with Crippen LogP contribution in [0.15, 0.2) is 57.8 Å². The molecule has 1 aliphatic heterocycles. The molecule has 0 spiro atoms. The smallest absolute Gasteiger partial charge is 0.269 e. The van der Waals surface area contributed by atoms with Crippen LogP contribution in [-0.2, 0) is 14.8 Å². The number of nitrogens with zero attached hydrogens (tertiary/aromatic N) is 3. The lowest BCUT2D eigenvalue weighted by Crippen LogP contribution is -2.48. The molecule has 1 aromatic heterocycles. The summed E-state index contributed by atoms with van der Waals surface area (Å²) in [4.78, 5) is 13.0. The van der Waals surface area contributed by atoms with Gasteiger partial charge in [0.15, 0.2) is 10.4 Å². The Balaban J connectivity index is 1.67. The van der Waals surface area contributed by atoms with Crippen LogP contribution in [0, 0.1) is 6.92 Å². The molecule has 1 N–H and O–H groups in total. The predicted molar refractivity (Wildman–Crippen MR) is 117 cm³/mol. The Kier molecular flexibility index (Phi) is 5.67. The summed E-state index contributed by atoms with van der Waals surface area (Å²) < 4.78 is 34.5. The maximum atomic E-state index is 13.3. The summed E-state index contributed by atoms with van der Waals surface area (Å²) in [6.07, 6.45) is 0.821. The normalized spacial score (nSPS) is 15.9. The fourth-order valence-electron chi connectivity index (χ4n) is 2.97. The number of amides is 1. The Hall–Kier alpha value is -2.63. The van der Waals surface area contributed by atoms with Crippen LogP contribution < -0.4 is 14.4 Å². The SMILES string of the molecule is CSc1nnc(NC(=O)[C@@H]2CN(S(=O)(=O)c3ccccc3)c3cc(C)ccc3O2)s1. The molecule has 0 saturated carbocycles. The van der Waals surface area contributed by atoms with Gasteiger partial charge in [-0.3, -0.25) is 14.4 Å². The van der Waals surface area contributed by atoms with E-state index in [1.807, 2.05) is 19.2 Å². The van der Waals surface area contributed by atoms with Gasteiger partial charge in [0.1, 0.15) is 5.75 Å². The highest BCUT2D eigenvalue weighted by molar-refractivity contribution is 8.00. The van der Waals surface area contributed by atoms with Crippen LogP contribution in [0.1, 0.15) is 5.56 Å². The van der Waals surface area contributed by atoms with Crippen LogP contribution in [0.25, 0.3) is 0 Å². The van der Waals surface area contributed by atoms with E-state index >= 15 is 0 Å². The fraction of sp³-hybridized carbons (Fsp3) is 0.211. The number of sulfonamides is 1. The zero-order valence-corrected chi connectivity index (χ0v) is 18.6. The molecule has 2 heterocycles. The molecule has 0 unspecified atom stereocenters. The van der Waals surface area contributed by atoms with E-state index in [9.17, 15) is 13.2 Å². The average Bonchev–Trinajstić information content (AvgIpc) is 3.21. The van der Waals surface area contributed by atoms with E-state index in [1.54, 1.807) is 30.3 Å². The second-order valence-electron chi connectivity index (χ2n) is 6.49. The number of carbonyl (C=O) groups is 1. The summed E-state index contributed by atoms with van der Waals surface area (Å²) >= 11 is 2.66. The van der Waals surface area contributed by atoms with Crippen molar-refractivity contribution in [3.63, 3.8) is 0 Å². The number of thioether (sulfide) groups is 1. The lowest BCUT2D eigenvalue weighted by atomic mass is 10.1.